The second kappa shape index (κ2) is 10.7. The zero-order chi connectivity index (χ0) is 19.2. The molecule has 28 heavy (non-hydrogen) atoms. The smallest absolute Gasteiger partial charge is 0.410 e. The van der Waals surface area contributed by atoms with Gasteiger partial charge in [-0.15, -0.1) is 12.4 Å². The van der Waals surface area contributed by atoms with Crippen LogP contribution in [0.2, 0.25) is 5.02 Å². The Bertz CT molecular complexity index is 740. The van der Waals surface area contributed by atoms with E-state index >= 15 is 0 Å². The molecule has 0 radical (unpaired) electrons. The van der Waals surface area contributed by atoms with E-state index in [2.05, 4.69) is 43.3 Å². The van der Waals surface area contributed by atoms with Crippen molar-refractivity contribution in [2.45, 2.75) is 25.8 Å². The molecule has 0 saturated carbocycles. The topological polar surface area (TPSA) is 32.8 Å². The van der Waals surface area contributed by atoms with E-state index in [4.69, 9.17) is 16.3 Å². The van der Waals surface area contributed by atoms with Crippen LogP contribution in [0.15, 0.2) is 48.5 Å². The molecular formula is C22H28Cl2N2O2. The molecule has 1 aliphatic heterocycles. The molecule has 0 N–H and O–H groups in total. The van der Waals surface area contributed by atoms with Gasteiger partial charge in [0.15, 0.2) is 0 Å². The molecule has 0 atom stereocenters. The number of nitrogens with zero attached hydrogens (tertiary/aromatic N) is 2. The maximum absolute atomic E-state index is 12.3. The summed E-state index contributed by atoms with van der Waals surface area (Å²) in [5.74, 6) is 1.15. The average Bonchev–Trinajstić information content (AvgIpc) is 2.65. The Labute approximate surface area is 178 Å². The van der Waals surface area contributed by atoms with Crippen molar-refractivity contribution in [3.63, 3.8) is 0 Å². The summed E-state index contributed by atoms with van der Waals surface area (Å²) in [4.78, 5) is 16.3. The van der Waals surface area contributed by atoms with Gasteiger partial charge >= 0.3 is 6.09 Å². The second-order valence-corrected chi connectivity index (χ2v) is 7.95. The van der Waals surface area contributed by atoms with E-state index in [0.717, 1.165) is 38.9 Å². The Morgan fingerprint density at radius 1 is 1.04 bits per heavy atom. The molecule has 2 aromatic rings. The second-order valence-electron chi connectivity index (χ2n) is 7.51. The third-order valence-corrected chi connectivity index (χ3v) is 5.19. The molecule has 0 bridgehead atoms. The number of halogens is 2. The molecule has 1 heterocycles. The monoisotopic (exact) mass is 422 g/mol. The molecule has 0 unspecified atom stereocenters. The van der Waals surface area contributed by atoms with Gasteiger partial charge in [-0.2, -0.15) is 0 Å². The summed E-state index contributed by atoms with van der Waals surface area (Å²) in [6, 6.07) is 15.8. The highest BCUT2D eigenvalue weighted by atomic mass is 35.5. The molecule has 2 aromatic carbocycles. The summed E-state index contributed by atoms with van der Waals surface area (Å²) < 4.78 is 5.43. The van der Waals surface area contributed by atoms with Gasteiger partial charge in [-0.3, -0.25) is 0 Å². The van der Waals surface area contributed by atoms with Crippen molar-refractivity contribution in [3.05, 3.63) is 64.7 Å². The van der Waals surface area contributed by atoms with Gasteiger partial charge in [0.2, 0.25) is 0 Å². The predicted molar refractivity (Wildman–Crippen MR) is 117 cm³/mol. The van der Waals surface area contributed by atoms with Crippen LogP contribution in [0, 0.1) is 5.92 Å². The number of piperidine rings is 1. The van der Waals surface area contributed by atoms with Gasteiger partial charge < -0.3 is 14.5 Å². The maximum Gasteiger partial charge on any atom is 0.415 e. The Morgan fingerprint density at radius 2 is 1.61 bits per heavy atom. The molecule has 0 aromatic heterocycles. The van der Waals surface area contributed by atoms with Gasteiger partial charge in [0.05, 0.1) is 0 Å². The summed E-state index contributed by atoms with van der Waals surface area (Å²) in [5.41, 5.74) is 2.71. The Kier molecular flexibility index (Phi) is 8.61. The quantitative estimate of drug-likeness (QED) is 0.656. The van der Waals surface area contributed by atoms with Gasteiger partial charge in [-0.25, -0.2) is 4.79 Å². The summed E-state index contributed by atoms with van der Waals surface area (Å²) >= 11 is 5.86. The Morgan fingerprint density at radius 3 is 2.18 bits per heavy atom. The standard InChI is InChI=1S/C22H27ClN2O2.ClH/c1-24(2)16-19-5-3-17(4-6-19)15-18-11-13-25(14-12-18)22(26)27-21-9-7-20(23)8-10-21;/h3-10,18H,11-16H2,1-2H3;1H. The number of hydrogen-bond donors (Lipinski definition) is 0. The normalized spacial score (nSPS) is 14.6. The van der Waals surface area contributed by atoms with Gasteiger partial charge in [0, 0.05) is 24.7 Å². The van der Waals surface area contributed by atoms with Crippen molar-refractivity contribution in [1.82, 2.24) is 9.80 Å². The van der Waals surface area contributed by atoms with Gasteiger partial charge in [0.1, 0.15) is 5.75 Å². The summed E-state index contributed by atoms with van der Waals surface area (Å²) in [6.45, 7) is 2.46. The third kappa shape index (κ3) is 6.69. The van der Waals surface area contributed by atoms with E-state index in [1.165, 1.54) is 11.1 Å². The molecule has 1 aliphatic rings. The number of hydrogen-bond acceptors (Lipinski definition) is 3. The highest BCUT2D eigenvalue weighted by Crippen LogP contribution is 2.23. The summed E-state index contributed by atoms with van der Waals surface area (Å²) in [6.07, 6.45) is 2.82. The molecule has 6 heteroatoms. The molecular weight excluding hydrogens is 395 g/mol. The zero-order valence-electron chi connectivity index (χ0n) is 16.4. The van der Waals surface area contributed by atoms with Crippen molar-refractivity contribution in [1.29, 1.82) is 0 Å². The first-order valence-corrected chi connectivity index (χ1v) is 9.82. The Balaban J connectivity index is 0.00000280. The number of amides is 1. The minimum Gasteiger partial charge on any atom is -0.410 e. The molecule has 3 rings (SSSR count). The fourth-order valence-electron chi connectivity index (χ4n) is 3.47. The van der Waals surface area contributed by atoms with Crippen LogP contribution in [0.3, 0.4) is 0 Å². The number of carbonyl (C=O) groups excluding carboxylic acids is 1. The maximum atomic E-state index is 12.3. The number of likely N-dealkylation sites (tertiary alicyclic amines) is 1. The predicted octanol–water partition coefficient (Wildman–Crippen LogP) is 5.28. The van der Waals surface area contributed by atoms with Crippen molar-refractivity contribution in [2.75, 3.05) is 27.2 Å². The lowest BCUT2D eigenvalue weighted by Gasteiger charge is -2.31. The number of carbonyl (C=O) groups is 1. The fourth-order valence-corrected chi connectivity index (χ4v) is 3.59. The SMILES string of the molecule is CN(C)Cc1ccc(CC2CCN(C(=O)Oc3ccc(Cl)cc3)CC2)cc1.Cl. The fraction of sp³-hybridized carbons (Fsp3) is 0.409. The van der Waals surface area contributed by atoms with Gasteiger partial charge in [0.25, 0.3) is 0 Å². The molecule has 1 saturated heterocycles. The molecule has 0 aliphatic carbocycles. The van der Waals surface area contributed by atoms with Crippen LogP contribution >= 0.6 is 24.0 Å². The van der Waals surface area contributed by atoms with E-state index in [1.807, 2.05) is 0 Å². The van der Waals surface area contributed by atoms with Crippen LogP contribution < -0.4 is 4.74 Å². The van der Waals surface area contributed by atoms with Gasteiger partial charge in [-0.05, 0) is 74.7 Å². The van der Waals surface area contributed by atoms with E-state index in [1.54, 1.807) is 29.2 Å². The van der Waals surface area contributed by atoms with E-state index in [9.17, 15) is 4.79 Å². The minimum absolute atomic E-state index is 0. The third-order valence-electron chi connectivity index (χ3n) is 4.94. The van der Waals surface area contributed by atoms with Gasteiger partial charge in [-0.1, -0.05) is 35.9 Å². The largest absolute Gasteiger partial charge is 0.415 e. The van der Waals surface area contributed by atoms with Crippen molar-refractivity contribution in [2.24, 2.45) is 5.92 Å². The summed E-state index contributed by atoms with van der Waals surface area (Å²) in [7, 11) is 4.17. The van der Waals surface area contributed by atoms with Crippen LogP contribution in [0.5, 0.6) is 5.75 Å². The Hall–Kier alpha value is -1.75. The molecule has 4 nitrogen and oxygen atoms in total. The molecule has 1 amide bonds. The molecule has 1 fully saturated rings. The van der Waals surface area contributed by atoms with Crippen LogP contribution in [-0.4, -0.2) is 43.1 Å². The lowest BCUT2D eigenvalue weighted by atomic mass is 9.90. The molecule has 152 valence electrons. The first-order chi connectivity index (χ1) is 13.0. The van der Waals surface area contributed by atoms with Crippen LogP contribution in [0.4, 0.5) is 4.79 Å². The number of benzene rings is 2. The first-order valence-electron chi connectivity index (χ1n) is 9.44. The van der Waals surface area contributed by atoms with Crippen LogP contribution in [0.1, 0.15) is 24.0 Å². The summed E-state index contributed by atoms with van der Waals surface area (Å²) in [5, 5.41) is 0.630. The first kappa shape index (κ1) is 22.5. The number of ether oxygens (including phenoxy) is 1. The van der Waals surface area contributed by atoms with Crippen molar-refractivity contribution < 1.29 is 9.53 Å². The number of rotatable bonds is 5. The van der Waals surface area contributed by atoms with E-state index in [0.29, 0.717) is 16.7 Å². The van der Waals surface area contributed by atoms with Crippen LogP contribution in [0.25, 0.3) is 0 Å². The molecule has 0 spiro atoms. The highest BCUT2D eigenvalue weighted by Gasteiger charge is 2.24. The van der Waals surface area contributed by atoms with E-state index in [-0.39, 0.29) is 18.5 Å². The van der Waals surface area contributed by atoms with E-state index < -0.39 is 0 Å². The highest BCUT2D eigenvalue weighted by molar-refractivity contribution is 6.30. The van der Waals surface area contributed by atoms with Crippen LogP contribution in [-0.2, 0) is 13.0 Å². The lowest BCUT2D eigenvalue weighted by Crippen LogP contribution is -2.40. The zero-order valence-corrected chi connectivity index (χ0v) is 18.0. The lowest BCUT2D eigenvalue weighted by molar-refractivity contribution is 0.131. The van der Waals surface area contributed by atoms with Crippen molar-refractivity contribution >= 4 is 30.1 Å². The minimum atomic E-state index is -0.274. The van der Waals surface area contributed by atoms with Crippen molar-refractivity contribution in [3.8, 4) is 5.75 Å². The average molecular weight is 423 g/mol.